The fourth-order valence-corrected chi connectivity index (χ4v) is 2.89. The predicted molar refractivity (Wildman–Crippen MR) is 106 cm³/mol. The molecule has 0 amide bonds. The lowest BCUT2D eigenvalue weighted by atomic mass is 10.00. The van der Waals surface area contributed by atoms with Crippen molar-refractivity contribution in [3.8, 4) is 11.5 Å². The second kappa shape index (κ2) is 10.6. The second-order valence-corrected chi connectivity index (χ2v) is 6.19. The molecule has 0 bridgehead atoms. The molecule has 1 aromatic heterocycles. The van der Waals surface area contributed by atoms with Crippen LogP contribution in [0, 0.1) is 15.9 Å². The number of oxime groups is 1. The maximum Gasteiger partial charge on any atom is 0.291 e. The average Bonchev–Trinajstić information content (AvgIpc) is 3.28. The lowest BCUT2D eigenvalue weighted by Gasteiger charge is -2.27. The molecule has 0 saturated carbocycles. The van der Waals surface area contributed by atoms with Gasteiger partial charge in [0.05, 0.1) is 6.33 Å². The van der Waals surface area contributed by atoms with Gasteiger partial charge in [0.15, 0.2) is 6.61 Å². The van der Waals surface area contributed by atoms with Crippen LogP contribution < -0.4 is 9.47 Å². The molecule has 1 atom stereocenters. The normalized spacial score (nSPS) is 15.8. The van der Waals surface area contributed by atoms with Crippen LogP contribution in [0.4, 0.5) is 4.39 Å². The van der Waals surface area contributed by atoms with E-state index < -0.39 is 5.09 Å². The molecule has 0 saturated heterocycles. The number of imidazole rings is 1. The zero-order chi connectivity index (χ0) is 22.1. The third-order valence-electron chi connectivity index (χ3n) is 4.16. The summed E-state index contributed by atoms with van der Waals surface area (Å²) in [6, 6.07) is 13.6. The summed E-state index contributed by atoms with van der Waals surface area (Å²) in [5.41, 5.74) is 1.65. The monoisotopic (exact) mass is 430 g/mol. The van der Waals surface area contributed by atoms with Crippen molar-refractivity contribution in [3.05, 3.63) is 88.7 Å². The third-order valence-corrected chi connectivity index (χ3v) is 4.16. The zero-order valence-electron chi connectivity index (χ0n) is 16.2. The summed E-state index contributed by atoms with van der Waals surface area (Å²) >= 11 is 0. The van der Waals surface area contributed by atoms with Gasteiger partial charge in [-0.25, -0.2) is 9.37 Å². The molecule has 4 rings (SSSR count). The van der Waals surface area contributed by atoms with Crippen LogP contribution in [0.25, 0.3) is 0 Å². The fourth-order valence-electron chi connectivity index (χ4n) is 2.89. The molecule has 162 valence electrons. The van der Waals surface area contributed by atoms with E-state index in [9.17, 15) is 4.39 Å². The molecular formula is C20H19FN4O6. The van der Waals surface area contributed by atoms with Gasteiger partial charge in [-0.15, -0.1) is 10.1 Å². The van der Waals surface area contributed by atoms with Gasteiger partial charge in [-0.2, -0.15) is 0 Å². The van der Waals surface area contributed by atoms with E-state index in [-0.39, 0.29) is 25.1 Å². The van der Waals surface area contributed by atoms with Crippen LogP contribution in [0.2, 0.25) is 0 Å². The van der Waals surface area contributed by atoms with Crippen molar-refractivity contribution in [3.63, 3.8) is 0 Å². The van der Waals surface area contributed by atoms with E-state index in [0.717, 1.165) is 17.0 Å². The smallest absolute Gasteiger partial charge is 0.291 e. The molecule has 2 heterocycles. The minimum absolute atomic E-state index is 0.133. The Kier molecular flexibility index (Phi) is 7.35. The largest absolute Gasteiger partial charge is 0.490 e. The number of rotatable bonds is 6. The first-order valence-corrected chi connectivity index (χ1v) is 9.15. The highest BCUT2D eigenvalue weighted by Crippen LogP contribution is 2.30. The van der Waals surface area contributed by atoms with E-state index in [1.54, 1.807) is 24.7 Å². The summed E-state index contributed by atoms with van der Waals surface area (Å²) in [4.78, 5) is 18.0. The van der Waals surface area contributed by atoms with Gasteiger partial charge in [0.1, 0.15) is 42.3 Å². The van der Waals surface area contributed by atoms with Crippen molar-refractivity contribution in [2.24, 2.45) is 5.16 Å². The number of benzene rings is 2. The van der Waals surface area contributed by atoms with Gasteiger partial charge >= 0.3 is 0 Å². The number of halogens is 1. The molecule has 1 aliphatic heterocycles. The Morgan fingerprint density at radius 2 is 2.10 bits per heavy atom. The van der Waals surface area contributed by atoms with Gasteiger partial charge in [0, 0.05) is 24.0 Å². The highest BCUT2D eigenvalue weighted by atomic mass is 19.1. The highest BCUT2D eigenvalue weighted by Gasteiger charge is 2.28. The first-order chi connectivity index (χ1) is 15.0. The summed E-state index contributed by atoms with van der Waals surface area (Å²) in [5.74, 6) is 0.891. The number of nitrogens with zero attached hydrogens (tertiary/aromatic N) is 4. The third kappa shape index (κ3) is 6.16. The Balaban J connectivity index is 0.000000628. The van der Waals surface area contributed by atoms with Crippen molar-refractivity contribution in [2.45, 2.75) is 6.04 Å². The summed E-state index contributed by atoms with van der Waals surface area (Å²) in [5, 5.41) is 18.0. The number of hydrogen-bond acceptors (Lipinski definition) is 7. The van der Waals surface area contributed by atoms with Crippen molar-refractivity contribution in [2.75, 3.05) is 19.8 Å². The van der Waals surface area contributed by atoms with Crippen LogP contribution in [-0.4, -0.2) is 45.4 Å². The van der Waals surface area contributed by atoms with Gasteiger partial charge in [-0.05, 0) is 24.3 Å². The number of aromatic nitrogens is 2. The van der Waals surface area contributed by atoms with Crippen LogP contribution in [0.3, 0.4) is 0 Å². The number of hydrogen-bond donors (Lipinski definition) is 1. The van der Waals surface area contributed by atoms with Crippen molar-refractivity contribution < 1.29 is 29.0 Å². The summed E-state index contributed by atoms with van der Waals surface area (Å²) in [6.45, 7) is 0.934. The van der Waals surface area contributed by atoms with E-state index in [2.05, 4.69) is 10.1 Å². The first-order valence-electron chi connectivity index (χ1n) is 9.15. The predicted octanol–water partition coefficient (Wildman–Crippen LogP) is 3.11. The van der Waals surface area contributed by atoms with E-state index in [4.69, 9.17) is 29.6 Å². The Hall–Kier alpha value is -4.15. The standard InChI is InChI=1S/C20H18FN3O3.HNO3/c21-15-4-3-5-16(12-15)25-10-11-27-23-20-17-6-1-2-7-19(17)26-13-18(20)24-9-8-22-14-24;2-1(3)4/h1-9,12,14,18H,10-11,13H2;(H,2,3,4)/b23-20+;. The Morgan fingerprint density at radius 3 is 2.84 bits per heavy atom. The molecule has 2 aromatic carbocycles. The Morgan fingerprint density at radius 1 is 1.29 bits per heavy atom. The van der Waals surface area contributed by atoms with Crippen molar-refractivity contribution >= 4 is 5.71 Å². The van der Waals surface area contributed by atoms with Gasteiger partial charge in [0.2, 0.25) is 0 Å². The van der Waals surface area contributed by atoms with Crippen molar-refractivity contribution in [1.29, 1.82) is 0 Å². The highest BCUT2D eigenvalue weighted by molar-refractivity contribution is 6.06. The molecule has 0 fully saturated rings. The topological polar surface area (TPSA) is 121 Å². The van der Waals surface area contributed by atoms with E-state index in [0.29, 0.717) is 12.4 Å². The van der Waals surface area contributed by atoms with Crippen molar-refractivity contribution in [1.82, 2.24) is 9.55 Å². The van der Waals surface area contributed by atoms with Crippen LogP contribution >= 0.6 is 0 Å². The lowest BCUT2D eigenvalue weighted by molar-refractivity contribution is -0.742. The van der Waals surface area contributed by atoms with E-state index >= 15 is 0 Å². The molecule has 1 unspecified atom stereocenters. The molecule has 0 spiro atoms. The molecule has 11 heteroatoms. The maximum atomic E-state index is 13.2. The number of ether oxygens (including phenoxy) is 2. The first kappa shape index (κ1) is 21.6. The molecule has 10 nitrogen and oxygen atoms in total. The quantitative estimate of drug-likeness (QED) is 0.362. The van der Waals surface area contributed by atoms with E-state index in [1.165, 1.54) is 12.1 Å². The number of fused-ring (bicyclic) bond motifs is 1. The molecular weight excluding hydrogens is 411 g/mol. The molecule has 0 aliphatic carbocycles. The SMILES string of the molecule is Fc1cccc(OCCO/N=C2\c3ccccc3OCC2n2ccnc2)c1.O=[N+]([O-])O. The Labute approximate surface area is 176 Å². The van der Waals surface area contributed by atoms with Gasteiger partial charge < -0.3 is 24.1 Å². The lowest BCUT2D eigenvalue weighted by Crippen LogP contribution is -2.31. The minimum atomic E-state index is -1.50. The van der Waals surface area contributed by atoms with Crippen LogP contribution in [0.5, 0.6) is 11.5 Å². The second-order valence-electron chi connectivity index (χ2n) is 6.19. The molecule has 31 heavy (non-hydrogen) atoms. The van der Waals surface area contributed by atoms with Gasteiger partial charge in [-0.3, -0.25) is 0 Å². The molecule has 1 N–H and O–H groups in total. The van der Waals surface area contributed by atoms with Crippen LogP contribution in [-0.2, 0) is 4.84 Å². The maximum absolute atomic E-state index is 13.2. The molecule has 0 radical (unpaired) electrons. The summed E-state index contributed by atoms with van der Waals surface area (Å²) in [6.07, 6.45) is 5.31. The van der Waals surface area contributed by atoms with E-state index in [1.807, 2.05) is 35.0 Å². The molecule has 1 aliphatic rings. The number of para-hydroxylation sites is 1. The summed E-state index contributed by atoms with van der Waals surface area (Å²) in [7, 11) is 0. The van der Waals surface area contributed by atoms with Gasteiger partial charge in [-0.1, -0.05) is 23.4 Å². The van der Waals surface area contributed by atoms with Gasteiger partial charge in [0.25, 0.3) is 5.09 Å². The van der Waals surface area contributed by atoms with Crippen LogP contribution in [0.1, 0.15) is 11.6 Å². The fraction of sp³-hybridized carbons (Fsp3) is 0.200. The minimum Gasteiger partial charge on any atom is -0.490 e. The Bertz CT molecular complexity index is 1020. The average molecular weight is 430 g/mol. The van der Waals surface area contributed by atoms with Crippen LogP contribution in [0.15, 0.2) is 72.4 Å². The summed E-state index contributed by atoms with van der Waals surface area (Å²) < 4.78 is 26.4. The molecule has 3 aromatic rings. The zero-order valence-corrected chi connectivity index (χ0v) is 16.2.